The van der Waals surface area contributed by atoms with Crippen LogP contribution in [0.5, 0.6) is 0 Å². The van der Waals surface area contributed by atoms with Gasteiger partial charge in [0.2, 0.25) is 0 Å². The number of rotatable bonds is 18. The second-order valence-electron chi connectivity index (χ2n) is 12.6. The molecule has 10 nitrogen and oxygen atoms in total. The van der Waals surface area contributed by atoms with Crippen LogP contribution in [-0.2, 0) is 38.2 Å². The lowest BCUT2D eigenvalue weighted by atomic mass is 9.73. The molecule has 46 heavy (non-hydrogen) atoms. The van der Waals surface area contributed by atoms with Crippen molar-refractivity contribution in [1.82, 2.24) is 0 Å². The first kappa shape index (κ1) is 34.8. The van der Waals surface area contributed by atoms with Crippen molar-refractivity contribution in [3.05, 3.63) is 60.2 Å². The molecule has 3 atom stereocenters. The number of oxime groups is 1. The van der Waals surface area contributed by atoms with Crippen molar-refractivity contribution in [2.75, 3.05) is 39.6 Å². The standard InChI is InChI=1S/C36H45NO9/c1-5-36(4,34(41)45-24-28-23-44-28)21-27(32(39)42-16-10-15-38)20-35(2,3)33(40)43-17-18-46-37-22-31-29-13-8-6-11-25(29)19-26-12-7-9-14-30(26)31/h6-9,11-14,19,22,27-28,38H,5,10,15-18,20-21,23-24H2,1-4H3. The SMILES string of the molecule is CCC(C)(CC(CC(C)(C)C(=O)OCCON=Cc1c2ccccc2cc2ccccc12)C(=O)OCCCO)C(=O)OCC1CO1. The third kappa shape index (κ3) is 9.26. The first-order valence-electron chi connectivity index (χ1n) is 15.9. The number of hydrogen-bond acceptors (Lipinski definition) is 10. The van der Waals surface area contributed by atoms with Gasteiger partial charge in [-0.3, -0.25) is 14.4 Å². The highest BCUT2D eigenvalue weighted by Crippen LogP contribution is 2.38. The molecule has 0 radical (unpaired) electrons. The molecule has 0 amide bonds. The van der Waals surface area contributed by atoms with Gasteiger partial charge in [-0.25, -0.2) is 0 Å². The normalized spacial score (nSPS) is 16.6. The molecule has 1 saturated heterocycles. The lowest BCUT2D eigenvalue weighted by molar-refractivity contribution is -0.162. The van der Waals surface area contributed by atoms with Crippen LogP contribution < -0.4 is 0 Å². The average Bonchev–Trinajstić information content (AvgIpc) is 3.88. The second-order valence-corrected chi connectivity index (χ2v) is 12.6. The van der Waals surface area contributed by atoms with Crippen LogP contribution in [0.25, 0.3) is 21.5 Å². The zero-order valence-corrected chi connectivity index (χ0v) is 27.2. The van der Waals surface area contributed by atoms with E-state index >= 15 is 0 Å². The number of hydrogen-bond donors (Lipinski definition) is 1. The molecule has 3 unspecified atom stereocenters. The highest BCUT2D eigenvalue weighted by Gasteiger charge is 2.43. The molecule has 3 aromatic carbocycles. The summed E-state index contributed by atoms with van der Waals surface area (Å²) in [7, 11) is 0. The monoisotopic (exact) mass is 635 g/mol. The molecule has 3 aromatic rings. The van der Waals surface area contributed by atoms with Crippen LogP contribution in [0.15, 0.2) is 59.8 Å². The van der Waals surface area contributed by atoms with Gasteiger partial charge in [0.05, 0.1) is 36.2 Å². The summed E-state index contributed by atoms with van der Waals surface area (Å²) in [5.74, 6) is -2.26. The summed E-state index contributed by atoms with van der Waals surface area (Å²) in [6.45, 7) is 7.64. The van der Waals surface area contributed by atoms with Gasteiger partial charge < -0.3 is 28.9 Å². The molecular weight excluding hydrogens is 590 g/mol. The van der Waals surface area contributed by atoms with E-state index in [1.165, 1.54) is 0 Å². The van der Waals surface area contributed by atoms with Crippen molar-refractivity contribution in [3.63, 3.8) is 0 Å². The van der Waals surface area contributed by atoms with E-state index in [-0.39, 0.29) is 58.4 Å². The third-order valence-electron chi connectivity index (χ3n) is 8.44. The molecule has 1 N–H and O–H groups in total. The first-order valence-corrected chi connectivity index (χ1v) is 15.9. The van der Waals surface area contributed by atoms with Crippen LogP contribution in [0.1, 0.15) is 58.9 Å². The zero-order valence-electron chi connectivity index (χ0n) is 27.2. The van der Waals surface area contributed by atoms with Crippen LogP contribution in [-0.4, -0.2) is 75.0 Å². The minimum absolute atomic E-state index is 0.0371. The van der Waals surface area contributed by atoms with Crippen LogP contribution in [0.4, 0.5) is 0 Å². The number of aliphatic hydroxyl groups is 1. The fourth-order valence-corrected chi connectivity index (χ4v) is 5.41. The van der Waals surface area contributed by atoms with Gasteiger partial charge in [0.25, 0.3) is 0 Å². The van der Waals surface area contributed by atoms with Gasteiger partial charge in [-0.1, -0.05) is 60.6 Å². The maximum absolute atomic E-state index is 13.2. The lowest BCUT2D eigenvalue weighted by Gasteiger charge is -2.33. The van der Waals surface area contributed by atoms with Crippen LogP contribution in [0.3, 0.4) is 0 Å². The van der Waals surface area contributed by atoms with Gasteiger partial charge in [0.15, 0.2) is 6.61 Å². The fourth-order valence-electron chi connectivity index (χ4n) is 5.41. The molecular formula is C36H45NO9. The number of benzene rings is 3. The van der Waals surface area contributed by atoms with E-state index in [0.29, 0.717) is 13.0 Å². The number of fused-ring (bicyclic) bond motifs is 2. The molecule has 1 heterocycles. The van der Waals surface area contributed by atoms with Crippen LogP contribution >= 0.6 is 0 Å². The zero-order chi connectivity index (χ0) is 33.2. The predicted octanol–water partition coefficient (Wildman–Crippen LogP) is 5.59. The molecule has 0 aliphatic carbocycles. The first-order chi connectivity index (χ1) is 22.1. The Kier molecular flexibility index (Phi) is 12.1. The molecule has 0 bridgehead atoms. The second kappa shape index (κ2) is 16.0. The van der Waals surface area contributed by atoms with E-state index in [1.54, 1.807) is 27.0 Å². The topological polar surface area (TPSA) is 133 Å². The molecule has 1 aliphatic heterocycles. The molecule has 0 saturated carbocycles. The molecule has 4 rings (SSSR count). The van der Waals surface area contributed by atoms with Gasteiger partial charge in [0.1, 0.15) is 19.3 Å². The van der Waals surface area contributed by atoms with E-state index in [1.807, 2.05) is 43.3 Å². The Morgan fingerprint density at radius 3 is 2.20 bits per heavy atom. The van der Waals surface area contributed by atoms with Crippen molar-refractivity contribution >= 4 is 45.7 Å². The van der Waals surface area contributed by atoms with E-state index in [4.69, 9.17) is 28.9 Å². The van der Waals surface area contributed by atoms with Crippen molar-refractivity contribution < 1.29 is 43.3 Å². The van der Waals surface area contributed by atoms with Crippen LogP contribution in [0, 0.1) is 16.7 Å². The van der Waals surface area contributed by atoms with Gasteiger partial charge in [-0.05, 0) is 67.6 Å². The Balaban J connectivity index is 1.35. The number of epoxide rings is 1. The molecule has 248 valence electrons. The maximum atomic E-state index is 13.2. The summed E-state index contributed by atoms with van der Waals surface area (Å²) < 4.78 is 21.5. The lowest BCUT2D eigenvalue weighted by Crippen LogP contribution is -2.38. The predicted molar refractivity (Wildman–Crippen MR) is 174 cm³/mol. The summed E-state index contributed by atoms with van der Waals surface area (Å²) in [5, 5.41) is 17.6. The van der Waals surface area contributed by atoms with Gasteiger partial charge in [-0.2, -0.15) is 0 Å². The number of aliphatic hydroxyl groups excluding tert-OH is 1. The number of carbonyl (C=O) groups excluding carboxylic acids is 3. The molecule has 0 spiro atoms. The summed E-state index contributed by atoms with van der Waals surface area (Å²) in [6, 6.07) is 18.3. The van der Waals surface area contributed by atoms with Crippen molar-refractivity contribution in [1.29, 1.82) is 0 Å². The summed E-state index contributed by atoms with van der Waals surface area (Å²) in [4.78, 5) is 44.8. The number of nitrogens with zero attached hydrogens (tertiary/aromatic N) is 1. The Morgan fingerprint density at radius 2 is 1.59 bits per heavy atom. The molecule has 0 aromatic heterocycles. The van der Waals surface area contributed by atoms with Crippen molar-refractivity contribution in [3.8, 4) is 0 Å². The van der Waals surface area contributed by atoms with Crippen LogP contribution in [0.2, 0.25) is 0 Å². The summed E-state index contributed by atoms with van der Waals surface area (Å²) in [5.41, 5.74) is -1.12. The third-order valence-corrected chi connectivity index (χ3v) is 8.44. The minimum atomic E-state index is -1.08. The van der Waals surface area contributed by atoms with E-state index < -0.39 is 34.7 Å². The Hall–Kier alpha value is -4.02. The van der Waals surface area contributed by atoms with E-state index in [0.717, 1.165) is 27.1 Å². The molecule has 1 fully saturated rings. The summed E-state index contributed by atoms with van der Waals surface area (Å²) >= 11 is 0. The smallest absolute Gasteiger partial charge is 0.311 e. The molecule has 1 aliphatic rings. The van der Waals surface area contributed by atoms with Crippen molar-refractivity contribution in [2.24, 2.45) is 21.9 Å². The maximum Gasteiger partial charge on any atom is 0.311 e. The fraction of sp³-hybridized carbons (Fsp3) is 0.500. The van der Waals surface area contributed by atoms with Gasteiger partial charge >= 0.3 is 17.9 Å². The average molecular weight is 636 g/mol. The quantitative estimate of drug-likeness (QED) is 0.0361. The summed E-state index contributed by atoms with van der Waals surface area (Å²) in [6.07, 6.45) is 2.53. The highest BCUT2D eigenvalue weighted by atomic mass is 16.6. The van der Waals surface area contributed by atoms with E-state index in [9.17, 15) is 14.4 Å². The Morgan fingerprint density at radius 1 is 0.935 bits per heavy atom. The number of carbonyl (C=O) groups is 3. The van der Waals surface area contributed by atoms with Crippen molar-refractivity contribution in [2.45, 2.75) is 59.5 Å². The van der Waals surface area contributed by atoms with E-state index in [2.05, 4.69) is 23.4 Å². The van der Waals surface area contributed by atoms with Gasteiger partial charge in [0, 0.05) is 18.6 Å². The number of esters is 3. The minimum Gasteiger partial charge on any atom is -0.465 e. The highest BCUT2D eigenvalue weighted by molar-refractivity contribution is 6.13. The molecule has 10 heteroatoms. The Bertz CT molecular complexity index is 1480. The number of ether oxygens (including phenoxy) is 4. The Labute approximate surface area is 270 Å². The largest absolute Gasteiger partial charge is 0.465 e. The van der Waals surface area contributed by atoms with Gasteiger partial charge in [-0.15, -0.1) is 0 Å².